The standard InChI is InChI=1S/C10H9BrN4O/c1-15-9(5-13-14-15)10(16)7-4-6(11)2-3-8(7)12/h2-5H,12H2,1H3. The summed E-state index contributed by atoms with van der Waals surface area (Å²) in [6.45, 7) is 0. The van der Waals surface area contributed by atoms with Crippen LogP contribution in [0.5, 0.6) is 0 Å². The minimum Gasteiger partial charge on any atom is -0.398 e. The molecule has 0 aliphatic carbocycles. The number of benzene rings is 1. The van der Waals surface area contributed by atoms with Gasteiger partial charge < -0.3 is 5.73 Å². The number of hydrogen-bond acceptors (Lipinski definition) is 4. The Hall–Kier alpha value is -1.69. The van der Waals surface area contributed by atoms with Crippen molar-refractivity contribution in [1.29, 1.82) is 0 Å². The van der Waals surface area contributed by atoms with Crippen LogP contribution >= 0.6 is 15.9 Å². The summed E-state index contributed by atoms with van der Waals surface area (Å²) in [7, 11) is 1.66. The zero-order valence-electron chi connectivity index (χ0n) is 8.51. The first-order valence-corrected chi connectivity index (χ1v) is 5.33. The normalized spacial score (nSPS) is 10.4. The van der Waals surface area contributed by atoms with Crippen LogP contribution in [0.2, 0.25) is 0 Å². The highest BCUT2D eigenvalue weighted by atomic mass is 79.9. The summed E-state index contributed by atoms with van der Waals surface area (Å²) in [6.07, 6.45) is 1.42. The summed E-state index contributed by atoms with van der Waals surface area (Å²) >= 11 is 3.30. The first-order valence-electron chi connectivity index (χ1n) is 4.54. The molecular weight excluding hydrogens is 272 g/mol. The molecule has 2 aromatic rings. The van der Waals surface area contributed by atoms with E-state index < -0.39 is 0 Å². The molecule has 0 saturated heterocycles. The lowest BCUT2D eigenvalue weighted by Crippen LogP contribution is -2.10. The molecule has 16 heavy (non-hydrogen) atoms. The van der Waals surface area contributed by atoms with E-state index in [4.69, 9.17) is 5.73 Å². The summed E-state index contributed by atoms with van der Waals surface area (Å²) in [5.74, 6) is -0.189. The number of aromatic nitrogens is 3. The number of aryl methyl sites for hydroxylation is 1. The van der Waals surface area contributed by atoms with Gasteiger partial charge >= 0.3 is 0 Å². The molecule has 1 aromatic carbocycles. The number of anilines is 1. The lowest BCUT2D eigenvalue weighted by Gasteiger charge is -2.04. The van der Waals surface area contributed by atoms with Crippen molar-refractivity contribution in [2.75, 3.05) is 5.73 Å². The van der Waals surface area contributed by atoms with Gasteiger partial charge in [0.05, 0.1) is 6.20 Å². The maximum Gasteiger partial charge on any atom is 0.214 e. The van der Waals surface area contributed by atoms with E-state index in [2.05, 4.69) is 26.2 Å². The molecule has 6 heteroatoms. The van der Waals surface area contributed by atoms with Gasteiger partial charge in [-0.1, -0.05) is 21.1 Å². The number of hydrogen-bond donors (Lipinski definition) is 1. The van der Waals surface area contributed by atoms with Crippen molar-refractivity contribution in [3.63, 3.8) is 0 Å². The summed E-state index contributed by atoms with van der Waals surface area (Å²) < 4.78 is 2.23. The highest BCUT2D eigenvalue weighted by Gasteiger charge is 2.16. The Labute approximate surface area is 100 Å². The van der Waals surface area contributed by atoms with Crippen LogP contribution in [0.15, 0.2) is 28.9 Å². The quantitative estimate of drug-likeness (QED) is 0.667. The van der Waals surface area contributed by atoms with Crippen LogP contribution in [0.1, 0.15) is 16.1 Å². The van der Waals surface area contributed by atoms with E-state index in [1.165, 1.54) is 10.9 Å². The van der Waals surface area contributed by atoms with Crippen molar-refractivity contribution in [3.05, 3.63) is 40.1 Å². The zero-order chi connectivity index (χ0) is 11.7. The van der Waals surface area contributed by atoms with E-state index in [-0.39, 0.29) is 5.78 Å². The van der Waals surface area contributed by atoms with Crippen LogP contribution < -0.4 is 5.73 Å². The molecule has 0 fully saturated rings. The van der Waals surface area contributed by atoms with Crippen molar-refractivity contribution in [2.45, 2.75) is 0 Å². The molecule has 0 aliphatic rings. The predicted molar refractivity (Wildman–Crippen MR) is 63.0 cm³/mol. The van der Waals surface area contributed by atoms with E-state index in [9.17, 15) is 4.79 Å². The first-order chi connectivity index (χ1) is 7.59. The van der Waals surface area contributed by atoms with Gasteiger partial charge in [-0.3, -0.25) is 4.79 Å². The van der Waals surface area contributed by atoms with Crippen LogP contribution in [-0.2, 0) is 7.05 Å². The number of carbonyl (C=O) groups is 1. The Balaban J connectivity index is 2.49. The number of ketones is 1. The molecule has 0 spiro atoms. The molecule has 0 aliphatic heterocycles. The largest absolute Gasteiger partial charge is 0.398 e. The molecule has 1 heterocycles. The Bertz CT molecular complexity index is 550. The Kier molecular flexibility index (Phi) is 2.74. The van der Waals surface area contributed by atoms with E-state index in [1.54, 1.807) is 25.2 Å². The molecule has 2 rings (SSSR count). The third kappa shape index (κ3) is 1.83. The smallest absolute Gasteiger partial charge is 0.214 e. The number of nitrogens with zero attached hydrogens (tertiary/aromatic N) is 3. The molecule has 1 aromatic heterocycles. The highest BCUT2D eigenvalue weighted by molar-refractivity contribution is 9.10. The second kappa shape index (κ2) is 4.05. The topological polar surface area (TPSA) is 73.8 Å². The van der Waals surface area contributed by atoms with Crippen molar-refractivity contribution in [3.8, 4) is 0 Å². The Morgan fingerprint density at radius 2 is 2.25 bits per heavy atom. The van der Waals surface area contributed by atoms with Crippen molar-refractivity contribution < 1.29 is 4.79 Å². The summed E-state index contributed by atoms with van der Waals surface area (Å²) in [5, 5.41) is 7.37. The van der Waals surface area contributed by atoms with Gasteiger partial charge in [-0.2, -0.15) is 0 Å². The van der Waals surface area contributed by atoms with Crippen LogP contribution in [0.3, 0.4) is 0 Å². The van der Waals surface area contributed by atoms with Crippen LogP contribution in [0.4, 0.5) is 5.69 Å². The first kappa shape index (κ1) is 10.8. The van der Waals surface area contributed by atoms with Gasteiger partial charge in [0.15, 0.2) is 0 Å². The maximum atomic E-state index is 12.1. The van der Waals surface area contributed by atoms with E-state index in [0.717, 1.165) is 4.47 Å². The van der Waals surface area contributed by atoms with Gasteiger partial charge in [-0.25, -0.2) is 4.68 Å². The zero-order valence-corrected chi connectivity index (χ0v) is 10.1. The lowest BCUT2D eigenvalue weighted by molar-refractivity contribution is 0.103. The SMILES string of the molecule is Cn1nncc1C(=O)c1cc(Br)ccc1N. The van der Waals surface area contributed by atoms with Crippen molar-refractivity contribution >= 4 is 27.4 Å². The number of rotatable bonds is 2. The van der Waals surface area contributed by atoms with E-state index >= 15 is 0 Å². The van der Waals surface area contributed by atoms with Gasteiger partial charge in [0.2, 0.25) is 5.78 Å². The van der Waals surface area contributed by atoms with Gasteiger partial charge in [0, 0.05) is 22.8 Å². The maximum absolute atomic E-state index is 12.1. The van der Waals surface area contributed by atoms with E-state index in [1.807, 2.05) is 0 Å². The van der Waals surface area contributed by atoms with Crippen LogP contribution in [0, 0.1) is 0 Å². The predicted octanol–water partition coefficient (Wildman–Crippen LogP) is 1.39. The second-order valence-corrected chi connectivity index (χ2v) is 4.22. The summed E-state index contributed by atoms with van der Waals surface area (Å²) in [5.41, 5.74) is 7.05. The number of halogens is 1. The third-order valence-electron chi connectivity index (χ3n) is 2.21. The molecule has 0 unspecified atom stereocenters. The molecule has 82 valence electrons. The fourth-order valence-corrected chi connectivity index (χ4v) is 1.72. The number of nitrogens with two attached hydrogens (primary N) is 1. The van der Waals surface area contributed by atoms with Gasteiger partial charge in [0.1, 0.15) is 5.69 Å². The molecular formula is C10H9BrN4O. The van der Waals surface area contributed by atoms with Crippen molar-refractivity contribution in [2.24, 2.45) is 7.05 Å². The fraction of sp³-hybridized carbons (Fsp3) is 0.100. The summed E-state index contributed by atoms with van der Waals surface area (Å²) in [4.78, 5) is 12.1. The number of nitrogen functional groups attached to an aromatic ring is 1. The van der Waals surface area contributed by atoms with E-state index in [0.29, 0.717) is 16.9 Å². The lowest BCUT2D eigenvalue weighted by atomic mass is 10.1. The highest BCUT2D eigenvalue weighted by Crippen LogP contribution is 2.20. The molecule has 0 amide bonds. The summed E-state index contributed by atoms with van der Waals surface area (Å²) in [6, 6.07) is 5.15. The Morgan fingerprint density at radius 1 is 1.50 bits per heavy atom. The van der Waals surface area contributed by atoms with Crippen LogP contribution in [0.25, 0.3) is 0 Å². The third-order valence-corrected chi connectivity index (χ3v) is 2.70. The fourth-order valence-electron chi connectivity index (χ4n) is 1.36. The second-order valence-electron chi connectivity index (χ2n) is 3.30. The molecule has 0 saturated carbocycles. The minimum absolute atomic E-state index is 0.189. The number of carbonyl (C=O) groups excluding carboxylic acids is 1. The van der Waals surface area contributed by atoms with Gasteiger partial charge in [-0.15, -0.1) is 5.10 Å². The average Bonchev–Trinajstić information content (AvgIpc) is 2.67. The molecule has 0 bridgehead atoms. The van der Waals surface area contributed by atoms with Gasteiger partial charge in [0.25, 0.3) is 0 Å². The molecule has 0 radical (unpaired) electrons. The monoisotopic (exact) mass is 280 g/mol. The molecule has 5 nitrogen and oxygen atoms in total. The van der Waals surface area contributed by atoms with Gasteiger partial charge in [-0.05, 0) is 18.2 Å². The van der Waals surface area contributed by atoms with Crippen LogP contribution in [-0.4, -0.2) is 20.8 Å². The molecule has 0 atom stereocenters. The minimum atomic E-state index is -0.189. The molecule has 2 N–H and O–H groups in total. The van der Waals surface area contributed by atoms with Crippen molar-refractivity contribution in [1.82, 2.24) is 15.0 Å². The Morgan fingerprint density at radius 3 is 2.88 bits per heavy atom. The average molecular weight is 281 g/mol.